The van der Waals surface area contributed by atoms with Crippen LogP contribution in [-0.2, 0) is 14.3 Å². The summed E-state index contributed by atoms with van der Waals surface area (Å²) in [6.07, 6.45) is -4.06. The highest BCUT2D eigenvalue weighted by Crippen LogP contribution is 2.71. The molecule has 5 fully saturated rings. The lowest BCUT2D eigenvalue weighted by Gasteiger charge is -2.65. The minimum absolute atomic E-state index is 0.0635. The molecular formula is C30H42O12. The zero-order valence-corrected chi connectivity index (χ0v) is 23.6. The third-order valence-electron chi connectivity index (χ3n) is 12.0. The first-order chi connectivity index (χ1) is 19.8. The number of hydrogen-bond acceptors (Lipinski definition) is 12. The first-order valence-electron chi connectivity index (χ1n) is 15.0. The molecule has 6 rings (SSSR count). The standard InChI is InChI=1S/C30H42O12/c1-27-7-5-17-18(30(27,39)11-19(33)22(27)15-2-3-21(34)40-13-15)6-9-29(38)10-16(4-8-28(17,29)14-32)41-26-25(37)24(36)23(35)20(12-31)42-26/h2-3,13-14,16-20,22-26,31,33,35-39H,4-12H2,1H3/t16-,17-,18+,19-,20+,22-,23+,24-,25+,26+,27+,28-,29-,30-/m0/s1. The van der Waals surface area contributed by atoms with Gasteiger partial charge in [0, 0.05) is 30.2 Å². The van der Waals surface area contributed by atoms with Crippen LogP contribution in [0.1, 0.15) is 69.8 Å². The van der Waals surface area contributed by atoms with Crippen LogP contribution in [0.4, 0.5) is 0 Å². The number of carbonyl (C=O) groups is 1. The fourth-order valence-corrected chi connectivity index (χ4v) is 9.79. The minimum atomic E-state index is -1.59. The number of aliphatic hydroxyl groups excluding tert-OH is 5. The zero-order chi connectivity index (χ0) is 30.2. The molecule has 234 valence electrons. The van der Waals surface area contributed by atoms with Gasteiger partial charge < -0.3 is 54.4 Å². The molecule has 1 aromatic heterocycles. The van der Waals surface area contributed by atoms with Gasteiger partial charge in [0.15, 0.2) is 6.29 Å². The molecule has 1 aliphatic heterocycles. The SMILES string of the molecule is C[C@]12CC[C@H]3[C@@H](CC[C@]4(O)C[C@@H](O[C@@H]5O[C@H](CO)[C@@H](O)[C@H](O)[C@H]5O)CC[C@]34C=O)[C@@]1(O)C[C@H](O)[C@@H]2c1ccc(=O)oc1. The van der Waals surface area contributed by atoms with E-state index in [-0.39, 0.29) is 37.5 Å². The second-order valence-electron chi connectivity index (χ2n) is 13.7. The predicted octanol–water partition coefficient (Wildman–Crippen LogP) is -0.669. The number of fused-ring (bicyclic) bond motifs is 5. The van der Waals surface area contributed by atoms with Gasteiger partial charge in [-0.2, -0.15) is 0 Å². The number of carbonyl (C=O) groups excluding carboxylic acids is 1. The quantitative estimate of drug-likeness (QED) is 0.167. The van der Waals surface area contributed by atoms with E-state index in [1.807, 2.05) is 6.92 Å². The molecule has 7 N–H and O–H groups in total. The lowest BCUT2D eigenvalue weighted by Crippen LogP contribution is -2.69. The Labute approximate surface area is 242 Å². The van der Waals surface area contributed by atoms with Gasteiger partial charge in [0.2, 0.25) is 0 Å². The van der Waals surface area contributed by atoms with E-state index in [2.05, 4.69) is 0 Å². The summed E-state index contributed by atoms with van der Waals surface area (Å²) in [5.41, 5.74) is -4.56. The molecule has 0 amide bonds. The van der Waals surface area contributed by atoms with Crippen molar-refractivity contribution >= 4 is 6.29 Å². The van der Waals surface area contributed by atoms with Gasteiger partial charge in [-0.05, 0) is 62.0 Å². The van der Waals surface area contributed by atoms with Crippen molar-refractivity contribution in [2.75, 3.05) is 6.61 Å². The fraction of sp³-hybridized carbons (Fsp3) is 0.800. The molecule has 5 aliphatic rings. The topological polar surface area (TPSA) is 207 Å². The average molecular weight is 595 g/mol. The summed E-state index contributed by atoms with van der Waals surface area (Å²) in [7, 11) is 0. The molecule has 0 aromatic carbocycles. The summed E-state index contributed by atoms with van der Waals surface area (Å²) in [5.74, 6) is -1.18. The van der Waals surface area contributed by atoms with Crippen LogP contribution in [0.25, 0.3) is 0 Å². The Bertz CT molecular complexity index is 1220. The molecule has 0 bridgehead atoms. The van der Waals surface area contributed by atoms with E-state index in [4.69, 9.17) is 13.9 Å². The van der Waals surface area contributed by atoms with Crippen LogP contribution in [0.2, 0.25) is 0 Å². The summed E-state index contributed by atoms with van der Waals surface area (Å²) in [6, 6.07) is 2.94. The van der Waals surface area contributed by atoms with Crippen molar-refractivity contribution in [1.82, 2.24) is 0 Å². The number of ether oxygens (including phenoxy) is 2. The van der Waals surface area contributed by atoms with Crippen LogP contribution in [0, 0.1) is 22.7 Å². The number of aliphatic hydroxyl groups is 7. The van der Waals surface area contributed by atoms with E-state index >= 15 is 0 Å². The highest BCUT2D eigenvalue weighted by atomic mass is 16.7. The number of aldehydes is 1. The van der Waals surface area contributed by atoms with E-state index in [1.54, 1.807) is 6.07 Å². The predicted molar refractivity (Wildman–Crippen MR) is 143 cm³/mol. The van der Waals surface area contributed by atoms with Crippen LogP contribution in [-0.4, -0.2) is 103 Å². The first-order valence-corrected chi connectivity index (χ1v) is 15.0. The van der Waals surface area contributed by atoms with Gasteiger partial charge in [0.05, 0.1) is 41.7 Å². The van der Waals surface area contributed by atoms with E-state index in [0.29, 0.717) is 31.2 Å². The van der Waals surface area contributed by atoms with Crippen LogP contribution >= 0.6 is 0 Å². The maximum absolute atomic E-state index is 13.0. The van der Waals surface area contributed by atoms with Crippen molar-refractivity contribution in [2.45, 2.75) is 118 Å². The molecule has 12 nitrogen and oxygen atoms in total. The van der Waals surface area contributed by atoms with Gasteiger partial charge in [0.25, 0.3) is 0 Å². The molecule has 2 heterocycles. The average Bonchev–Trinajstić information content (AvgIpc) is 3.17. The highest BCUT2D eigenvalue weighted by molar-refractivity contribution is 5.64. The fourth-order valence-electron chi connectivity index (χ4n) is 9.79. The Morgan fingerprint density at radius 1 is 0.976 bits per heavy atom. The van der Waals surface area contributed by atoms with Crippen molar-refractivity contribution in [1.29, 1.82) is 0 Å². The third-order valence-corrected chi connectivity index (χ3v) is 12.0. The Morgan fingerprint density at radius 2 is 1.71 bits per heavy atom. The molecule has 0 unspecified atom stereocenters. The van der Waals surface area contributed by atoms with E-state index in [0.717, 1.165) is 6.29 Å². The monoisotopic (exact) mass is 594 g/mol. The summed E-state index contributed by atoms with van der Waals surface area (Å²) >= 11 is 0. The van der Waals surface area contributed by atoms with Crippen molar-refractivity contribution < 1.29 is 54.4 Å². The van der Waals surface area contributed by atoms with Crippen LogP contribution in [0.5, 0.6) is 0 Å². The third kappa shape index (κ3) is 4.14. The van der Waals surface area contributed by atoms with Crippen molar-refractivity contribution in [3.63, 3.8) is 0 Å². The molecular weight excluding hydrogens is 552 g/mol. The molecule has 0 radical (unpaired) electrons. The molecule has 1 saturated heterocycles. The minimum Gasteiger partial charge on any atom is -0.431 e. The molecule has 14 atom stereocenters. The van der Waals surface area contributed by atoms with Crippen LogP contribution < -0.4 is 5.63 Å². The van der Waals surface area contributed by atoms with Gasteiger partial charge in [-0.1, -0.05) is 6.92 Å². The molecule has 4 aliphatic carbocycles. The van der Waals surface area contributed by atoms with Crippen LogP contribution in [0.3, 0.4) is 0 Å². The Morgan fingerprint density at radius 3 is 2.38 bits per heavy atom. The Hall–Kier alpha value is -1.74. The van der Waals surface area contributed by atoms with Gasteiger partial charge in [0.1, 0.15) is 30.7 Å². The maximum atomic E-state index is 13.0. The van der Waals surface area contributed by atoms with E-state index < -0.39 is 83.1 Å². The van der Waals surface area contributed by atoms with Crippen molar-refractivity contribution in [3.05, 3.63) is 34.4 Å². The second kappa shape index (κ2) is 10.4. The first kappa shape index (κ1) is 30.3. The van der Waals surface area contributed by atoms with Crippen molar-refractivity contribution in [2.24, 2.45) is 22.7 Å². The number of rotatable bonds is 5. The summed E-state index contributed by atoms with van der Waals surface area (Å²) < 4.78 is 16.6. The van der Waals surface area contributed by atoms with Gasteiger partial charge >= 0.3 is 5.63 Å². The molecule has 4 saturated carbocycles. The Kier molecular flexibility index (Phi) is 7.52. The zero-order valence-electron chi connectivity index (χ0n) is 23.6. The van der Waals surface area contributed by atoms with E-state index in [9.17, 15) is 45.3 Å². The normalized spacial score (nSPS) is 52.2. The van der Waals surface area contributed by atoms with Gasteiger partial charge in [-0.25, -0.2) is 4.79 Å². The smallest absolute Gasteiger partial charge is 0.335 e. The largest absolute Gasteiger partial charge is 0.431 e. The molecule has 12 heteroatoms. The summed E-state index contributed by atoms with van der Waals surface area (Å²) in [6.45, 7) is 1.36. The summed E-state index contributed by atoms with van der Waals surface area (Å²) in [5, 5.41) is 76.0. The van der Waals surface area contributed by atoms with E-state index in [1.165, 1.54) is 12.3 Å². The van der Waals surface area contributed by atoms with Crippen molar-refractivity contribution in [3.8, 4) is 0 Å². The molecule has 0 spiro atoms. The second-order valence-corrected chi connectivity index (χ2v) is 13.7. The lowest BCUT2D eigenvalue weighted by atomic mass is 9.41. The number of hydrogen-bond donors (Lipinski definition) is 7. The summed E-state index contributed by atoms with van der Waals surface area (Å²) in [4.78, 5) is 24.6. The Balaban J connectivity index is 1.24. The van der Waals surface area contributed by atoms with Crippen LogP contribution in [0.15, 0.2) is 27.6 Å². The van der Waals surface area contributed by atoms with Gasteiger partial charge in [-0.15, -0.1) is 0 Å². The van der Waals surface area contributed by atoms with Gasteiger partial charge in [-0.3, -0.25) is 0 Å². The molecule has 1 aromatic rings. The molecule has 42 heavy (non-hydrogen) atoms. The maximum Gasteiger partial charge on any atom is 0.335 e. The lowest BCUT2D eigenvalue weighted by molar-refractivity contribution is -0.322. The highest BCUT2D eigenvalue weighted by Gasteiger charge is 2.73.